The van der Waals surface area contributed by atoms with Gasteiger partial charge in [-0.25, -0.2) is 0 Å². The second-order valence-corrected chi connectivity index (χ2v) is 16.8. The van der Waals surface area contributed by atoms with Crippen LogP contribution in [0.1, 0.15) is 0 Å². The maximum Gasteiger partial charge on any atom is 0.0540 e. The van der Waals surface area contributed by atoms with E-state index in [9.17, 15) is 0 Å². The Morgan fingerprint density at radius 3 is 1.00 bits per heavy atom. The van der Waals surface area contributed by atoms with Crippen molar-refractivity contribution in [2.24, 2.45) is 0 Å². The maximum atomic E-state index is 2.36. The Morgan fingerprint density at radius 2 is 0.530 bits per heavy atom. The zero-order chi connectivity index (χ0) is 43.8. The molecule has 0 N–H and O–H groups in total. The third kappa shape index (κ3) is 6.93. The third-order valence-electron chi connectivity index (χ3n) is 13.0. The van der Waals surface area contributed by atoms with Gasteiger partial charge in [-0.2, -0.15) is 0 Å². The molecule has 0 aromatic heterocycles. The Labute approximate surface area is 385 Å². The van der Waals surface area contributed by atoms with Crippen LogP contribution in [0.15, 0.2) is 267 Å². The Balaban J connectivity index is 0.939. The van der Waals surface area contributed by atoms with Crippen molar-refractivity contribution in [1.29, 1.82) is 0 Å². The van der Waals surface area contributed by atoms with Crippen molar-refractivity contribution in [1.82, 2.24) is 0 Å². The van der Waals surface area contributed by atoms with Crippen molar-refractivity contribution in [3.63, 3.8) is 0 Å². The fraction of sp³-hybridized carbons (Fsp3) is 0. The van der Waals surface area contributed by atoms with E-state index >= 15 is 0 Å². The molecule has 0 aliphatic rings. The molecule has 0 bridgehead atoms. The normalized spacial score (nSPS) is 11.3. The van der Waals surface area contributed by atoms with Crippen molar-refractivity contribution in [2.75, 3.05) is 9.80 Å². The van der Waals surface area contributed by atoms with Crippen molar-refractivity contribution in [3.05, 3.63) is 267 Å². The fourth-order valence-corrected chi connectivity index (χ4v) is 9.99. The average molecular weight is 841 g/mol. The molecule has 0 amide bonds. The van der Waals surface area contributed by atoms with Gasteiger partial charge in [-0.15, -0.1) is 0 Å². The minimum absolute atomic E-state index is 1.12. The molecule has 0 aliphatic heterocycles. The average Bonchev–Trinajstić information content (AvgIpc) is 3.39. The van der Waals surface area contributed by atoms with E-state index in [4.69, 9.17) is 0 Å². The van der Waals surface area contributed by atoms with Crippen molar-refractivity contribution < 1.29 is 0 Å². The third-order valence-corrected chi connectivity index (χ3v) is 13.0. The second-order valence-electron chi connectivity index (χ2n) is 16.8. The molecule has 0 heterocycles. The van der Waals surface area contributed by atoms with Gasteiger partial charge in [0.25, 0.3) is 0 Å². The van der Waals surface area contributed by atoms with Crippen LogP contribution in [0.25, 0.3) is 76.5 Å². The molecule has 2 heteroatoms. The summed E-state index contributed by atoms with van der Waals surface area (Å²) in [5.41, 5.74) is 14.1. The van der Waals surface area contributed by atoms with Crippen LogP contribution >= 0.6 is 0 Å². The summed E-state index contributed by atoms with van der Waals surface area (Å²) in [6.45, 7) is 0. The molecule has 0 aliphatic carbocycles. The SMILES string of the molecule is c1ccc(N(c2ccccc2)c2ccc3cc(-c4ccc(-c5ccc(-c6ccc(N(c7ccccc7)c7ccccc7)c7ccccc67)c6ccccc56)c5ccccc45)ccc3c2)cc1. The summed E-state index contributed by atoms with van der Waals surface area (Å²) in [4.78, 5) is 4.68. The van der Waals surface area contributed by atoms with Gasteiger partial charge in [0, 0.05) is 33.8 Å². The molecular formula is C64H44N2. The molecule has 0 atom stereocenters. The van der Waals surface area contributed by atoms with Crippen LogP contribution in [0.2, 0.25) is 0 Å². The summed E-state index contributed by atoms with van der Waals surface area (Å²) in [6.07, 6.45) is 0. The lowest BCUT2D eigenvalue weighted by Crippen LogP contribution is -2.10. The lowest BCUT2D eigenvalue weighted by Gasteiger charge is -2.27. The highest BCUT2D eigenvalue weighted by molar-refractivity contribution is 6.15. The number of fused-ring (bicyclic) bond motifs is 4. The van der Waals surface area contributed by atoms with Crippen LogP contribution in [-0.4, -0.2) is 0 Å². The fourth-order valence-electron chi connectivity index (χ4n) is 9.99. The molecule has 310 valence electrons. The Kier molecular flexibility index (Phi) is 9.89. The molecule has 0 saturated carbocycles. The quantitative estimate of drug-likeness (QED) is 0.143. The van der Waals surface area contributed by atoms with E-state index in [0.29, 0.717) is 0 Å². The van der Waals surface area contributed by atoms with Gasteiger partial charge in [0.15, 0.2) is 0 Å². The van der Waals surface area contributed by atoms with Crippen LogP contribution in [0.5, 0.6) is 0 Å². The molecule has 0 fully saturated rings. The van der Waals surface area contributed by atoms with E-state index in [1.54, 1.807) is 0 Å². The van der Waals surface area contributed by atoms with E-state index in [1.807, 2.05) is 0 Å². The molecular weight excluding hydrogens is 797 g/mol. The molecule has 12 rings (SSSR count). The number of benzene rings is 12. The van der Waals surface area contributed by atoms with E-state index in [1.165, 1.54) is 76.5 Å². The van der Waals surface area contributed by atoms with E-state index in [0.717, 1.165) is 34.1 Å². The Hall–Kier alpha value is -8.72. The summed E-state index contributed by atoms with van der Waals surface area (Å²) in [5, 5.41) is 9.77. The first-order valence-corrected chi connectivity index (χ1v) is 22.7. The van der Waals surface area contributed by atoms with E-state index < -0.39 is 0 Å². The van der Waals surface area contributed by atoms with Crippen molar-refractivity contribution in [2.45, 2.75) is 0 Å². The molecule has 12 aromatic rings. The van der Waals surface area contributed by atoms with Crippen molar-refractivity contribution in [3.8, 4) is 33.4 Å². The van der Waals surface area contributed by atoms with Crippen LogP contribution in [0.4, 0.5) is 34.1 Å². The van der Waals surface area contributed by atoms with E-state index in [2.05, 4.69) is 277 Å². The van der Waals surface area contributed by atoms with Gasteiger partial charge in [-0.1, -0.05) is 194 Å². The van der Waals surface area contributed by atoms with E-state index in [-0.39, 0.29) is 0 Å². The first kappa shape index (κ1) is 38.9. The highest BCUT2D eigenvalue weighted by atomic mass is 15.1. The predicted octanol–water partition coefficient (Wildman–Crippen LogP) is 18.2. The number of hydrogen-bond acceptors (Lipinski definition) is 2. The number of rotatable bonds is 9. The monoisotopic (exact) mass is 840 g/mol. The Morgan fingerprint density at radius 1 is 0.197 bits per heavy atom. The lowest BCUT2D eigenvalue weighted by atomic mass is 9.87. The first-order chi connectivity index (χ1) is 32.8. The highest BCUT2D eigenvalue weighted by Crippen LogP contribution is 2.46. The zero-order valence-electron chi connectivity index (χ0n) is 36.3. The van der Waals surface area contributed by atoms with Gasteiger partial charge in [0.05, 0.1) is 5.69 Å². The molecule has 0 spiro atoms. The second kappa shape index (κ2) is 16.8. The molecule has 0 radical (unpaired) electrons. The van der Waals surface area contributed by atoms with Crippen LogP contribution < -0.4 is 9.80 Å². The number of nitrogens with zero attached hydrogens (tertiary/aromatic N) is 2. The smallest absolute Gasteiger partial charge is 0.0540 e. The number of para-hydroxylation sites is 4. The van der Waals surface area contributed by atoms with Gasteiger partial charge < -0.3 is 9.80 Å². The van der Waals surface area contributed by atoms with Gasteiger partial charge in [0.2, 0.25) is 0 Å². The highest BCUT2D eigenvalue weighted by Gasteiger charge is 2.20. The molecule has 2 nitrogen and oxygen atoms in total. The largest absolute Gasteiger partial charge is 0.310 e. The van der Waals surface area contributed by atoms with Gasteiger partial charge in [-0.05, 0) is 144 Å². The molecule has 0 saturated heterocycles. The van der Waals surface area contributed by atoms with Gasteiger partial charge in [-0.3, -0.25) is 0 Å². The minimum Gasteiger partial charge on any atom is -0.310 e. The summed E-state index contributed by atoms with van der Waals surface area (Å²) in [6, 6.07) is 96.8. The maximum absolute atomic E-state index is 2.36. The zero-order valence-corrected chi connectivity index (χ0v) is 36.3. The lowest BCUT2D eigenvalue weighted by molar-refractivity contribution is 1.29. The van der Waals surface area contributed by atoms with Crippen LogP contribution in [0.3, 0.4) is 0 Å². The van der Waals surface area contributed by atoms with Crippen LogP contribution in [-0.2, 0) is 0 Å². The Bertz CT molecular complexity index is 3620. The molecule has 12 aromatic carbocycles. The minimum atomic E-state index is 1.12. The summed E-state index contributed by atoms with van der Waals surface area (Å²) < 4.78 is 0. The standard InChI is InChI=1S/C64H44N2/c1-5-19-48(20-6-1)65(49-21-7-2-8-22-49)52-36-35-45-43-47(34-33-46(45)44-52)53-37-38-59(55-28-14-13-27-54(53)55)60-39-40-61(57-30-16-15-29-56(57)60)62-41-42-64(63-32-18-17-31-58(62)63)66(50-23-9-3-10-24-50)51-25-11-4-12-26-51/h1-44H. The molecule has 66 heavy (non-hydrogen) atoms. The number of hydrogen-bond donors (Lipinski definition) is 0. The topological polar surface area (TPSA) is 6.48 Å². The van der Waals surface area contributed by atoms with Gasteiger partial charge >= 0.3 is 0 Å². The molecule has 0 unspecified atom stereocenters. The summed E-state index contributed by atoms with van der Waals surface area (Å²) in [7, 11) is 0. The summed E-state index contributed by atoms with van der Waals surface area (Å²) >= 11 is 0. The van der Waals surface area contributed by atoms with Gasteiger partial charge in [0.1, 0.15) is 0 Å². The van der Waals surface area contributed by atoms with Crippen LogP contribution in [0, 0.1) is 0 Å². The van der Waals surface area contributed by atoms with Crippen molar-refractivity contribution >= 4 is 77.2 Å². The summed E-state index contributed by atoms with van der Waals surface area (Å²) in [5.74, 6) is 0. The first-order valence-electron chi connectivity index (χ1n) is 22.7. The number of anilines is 6. The predicted molar refractivity (Wildman–Crippen MR) is 282 cm³/mol.